The molecule has 0 N–H and O–H groups in total. The molecule has 0 aromatic heterocycles. The second kappa shape index (κ2) is 6.74. The van der Waals surface area contributed by atoms with Crippen molar-refractivity contribution in [3.63, 3.8) is 0 Å². The Labute approximate surface area is 85.1 Å². The number of rotatable bonds is 5. The van der Waals surface area contributed by atoms with Crippen LogP contribution in [0.1, 0.15) is 32.6 Å². The zero-order valence-electron chi connectivity index (χ0n) is 8.65. The molecule has 80 valence electrons. The summed E-state index contributed by atoms with van der Waals surface area (Å²) in [6, 6.07) is 0. The largest absolute Gasteiger partial charge is 0.353 e. The monoisotopic (exact) mass is 198 g/mol. The molecule has 0 aliphatic carbocycles. The summed E-state index contributed by atoms with van der Waals surface area (Å²) in [5, 5.41) is 0. The first-order chi connectivity index (χ1) is 6.86. The number of allylic oxidation sites excluding steroid dienone is 1. The normalized spacial score (nSPS) is 25.1. The Morgan fingerprint density at radius 1 is 1.57 bits per heavy atom. The maximum atomic E-state index is 10.1. The van der Waals surface area contributed by atoms with Crippen molar-refractivity contribution in [3.8, 4) is 0 Å². The van der Waals surface area contributed by atoms with Gasteiger partial charge in [0.25, 0.3) is 0 Å². The second-order valence-corrected chi connectivity index (χ2v) is 3.40. The summed E-state index contributed by atoms with van der Waals surface area (Å²) >= 11 is 0. The van der Waals surface area contributed by atoms with Crippen molar-refractivity contribution in [2.75, 3.05) is 6.61 Å². The van der Waals surface area contributed by atoms with Crippen molar-refractivity contribution in [2.45, 2.75) is 45.0 Å². The van der Waals surface area contributed by atoms with Crippen molar-refractivity contribution in [1.82, 2.24) is 0 Å². The first-order valence-corrected chi connectivity index (χ1v) is 5.26. The van der Waals surface area contributed by atoms with E-state index in [1.165, 1.54) is 12.5 Å². The van der Waals surface area contributed by atoms with Gasteiger partial charge in [0.1, 0.15) is 6.29 Å². The fourth-order valence-electron chi connectivity index (χ4n) is 1.46. The van der Waals surface area contributed by atoms with E-state index in [0.717, 1.165) is 32.2 Å². The highest BCUT2D eigenvalue weighted by molar-refractivity contribution is 5.64. The molecule has 0 saturated carbocycles. The highest BCUT2D eigenvalue weighted by Crippen LogP contribution is 2.16. The van der Waals surface area contributed by atoms with Gasteiger partial charge in [-0.1, -0.05) is 13.0 Å². The number of hydrogen-bond acceptors (Lipinski definition) is 3. The van der Waals surface area contributed by atoms with E-state index in [1.54, 1.807) is 6.08 Å². The van der Waals surface area contributed by atoms with Crippen LogP contribution >= 0.6 is 0 Å². The van der Waals surface area contributed by atoms with E-state index in [-0.39, 0.29) is 12.4 Å². The molecule has 0 aromatic carbocycles. The highest BCUT2D eigenvalue weighted by Gasteiger charge is 2.16. The van der Waals surface area contributed by atoms with Gasteiger partial charge in [-0.2, -0.15) is 0 Å². The molecule has 0 bridgehead atoms. The minimum atomic E-state index is -0.0787. The van der Waals surface area contributed by atoms with Gasteiger partial charge in [0.2, 0.25) is 0 Å². The summed E-state index contributed by atoms with van der Waals surface area (Å²) in [4.78, 5) is 10.1. The predicted octanol–water partition coefficient (Wildman–Crippen LogP) is 2.06. The predicted molar refractivity (Wildman–Crippen MR) is 54.0 cm³/mol. The van der Waals surface area contributed by atoms with Crippen molar-refractivity contribution >= 4 is 6.29 Å². The molecule has 1 aliphatic rings. The minimum Gasteiger partial charge on any atom is -0.353 e. The Kier molecular flexibility index (Phi) is 5.49. The molecule has 3 heteroatoms. The molecule has 1 aliphatic heterocycles. The molecule has 2 atom stereocenters. The van der Waals surface area contributed by atoms with Gasteiger partial charge in [-0.25, -0.2) is 0 Å². The Morgan fingerprint density at radius 2 is 2.43 bits per heavy atom. The van der Waals surface area contributed by atoms with Gasteiger partial charge in [-0.3, -0.25) is 4.79 Å². The van der Waals surface area contributed by atoms with Gasteiger partial charge < -0.3 is 9.47 Å². The first kappa shape index (κ1) is 11.4. The average Bonchev–Trinajstić information content (AvgIpc) is 2.25. The van der Waals surface area contributed by atoms with E-state index in [0.29, 0.717) is 0 Å². The van der Waals surface area contributed by atoms with Crippen LogP contribution in [0.2, 0.25) is 0 Å². The van der Waals surface area contributed by atoms with Crippen LogP contribution in [-0.2, 0) is 14.3 Å². The molecule has 14 heavy (non-hydrogen) atoms. The summed E-state index contributed by atoms with van der Waals surface area (Å²) in [5.41, 5.74) is 0. The lowest BCUT2D eigenvalue weighted by molar-refractivity contribution is -0.178. The van der Waals surface area contributed by atoms with Crippen molar-refractivity contribution in [3.05, 3.63) is 12.2 Å². The van der Waals surface area contributed by atoms with Crippen LogP contribution in [0.25, 0.3) is 0 Å². The van der Waals surface area contributed by atoms with Crippen LogP contribution in [-0.4, -0.2) is 25.3 Å². The van der Waals surface area contributed by atoms with Crippen LogP contribution < -0.4 is 0 Å². The maximum Gasteiger partial charge on any atom is 0.158 e. The van der Waals surface area contributed by atoms with Gasteiger partial charge in [0.15, 0.2) is 6.29 Å². The molecule has 1 heterocycles. The molecule has 1 saturated heterocycles. The van der Waals surface area contributed by atoms with Crippen LogP contribution in [0.15, 0.2) is 12.2 Å². The minimum absolute atomic E-state index is 0.00306. The number of ether oxygens (including phenoxy) is 2. The van der Waals surface area contributed by atoms with E-state index in [9.17, 15) is 4.79 Å². The smallest absolute Gasteiger partial charge is 0.158 e. The summed E-state index contributed by atoms with van der Waals surface area (Å²) < 4.78 is 11.1. The van der Waals surface area contributed by atoms with E-state index < -0.39 is 0 Å². The van der Waals surface area contributed by atoms with Crippen molar-refractivity contribution in [1.29, 1.82) is 0 Å². The fraction of sp³-hybridized carbons (Fsp3) is 0.727. The van der Waals surface area contributed by atoms with Gasteiger partial charge in [-0.05, 0) is 31.8 Å². The van der Waals surface area contributed by atoms with Crippen molar-refractivity contribution in [2.24, 2.45) is 0 Å². The standard InChI is InChI=1S/C11H18O3/c1-2-10(6-5-8-12)14-11-7-3-4-9-13-11/h5-6,8,10-11H,2-4,7,9H2,1H3/b6-5+/t10-,11?/m0/s1. The van der Waals surface area contributed by atoms with Gasteiger partial charge in [0, 0.05) is 6.61 Å². The zero-order chi connectivity index (χ0) is 10.2. The van der Waals surface area contributed by atoms with E-state index in [2.05, 4.69) is 0 Å². The van der Waals surface area contributed by atoms with Gasteiger partial charge >= 0.3 is 0 Å². The molecule has 1 rings (SSSR count). The number of aldehydes is 1. The lowest BCUT2D eigenvalue weighted by Crippen LogP contribution is -2.26. The SMILES string of the molecule is CC[C@@H](/C=C/C=O)OC1CCCCO1. The van der Waals surface area contributed by atoms with Gasteiger partial charge in [0.05, 0.1) is 6.10 Å². The second-order valence-electron chi connectivity index (χ2n) is 3.40. The molecule has 0 spiro atoms. The highest BCUT2D eigenvalue weighted by atomic mass is 16.7. The summed E-state index contributed by atoms with van der Waals surface area (Å²) in [6.07, 6.45) is 8.08. The Bertz CT molecular complexity index is 183. The third-order valence-corrected chi connectivity index (χ3v) is 2.27. The fourth-order valence-corrected chi connectivity index (χ4v) is 1.46. The van der Waals surface area contributed by atoms with Gasteiger partial charge in [-0.15, -0.1) is 0 Å². The molecule has 1 unspecified atom stereocenters. The van der Waals surface area contributed by atoms with E-state index >= 15 is 0 Å². The Morgan fingerprint density at radius 3 is 3.00 bits per heavy atom. The first-order valence-electron chi connectivity index (χ1n) is 5.26. The molecule has 0 amide bonds. The van der Waals surface area contributed by atoms with Crippen LogP contribution in [0.3, 0.4) is 0 Å². The zero-order valence-corrected chi connectivity index (χ0v) is 8.65. The third kappa shape index (κ3) is 4.03. The number of carbonyl (C=O) groups is 1. The van der Waals surface area contributed by atoms with E-state index in [1.807, 2.05) is 6.92 Å². The summed E-state index contributed by atoms with van der Waals surface area (Å²) in [7, 11) is 0. The Balaban J connectivity index is 2.30. The quantitative estimate of drug-likeness (QED) is 0.501. The maximum absolute atomic E-state index is 10.1. The lowest BCUT2D eigenvalue weighted by atomic mass is 10.2. The third-order valence-electron chi connectivity index (χ3n) is 2.27. The summed E-state index contributed by atoms with van der Waals surface area (Å²) in [6.45, 7) is 2.82. The molecule has 3 nitrogen and oxygen atoms in total. The molecule has 0 radical (unpaired) electrons. The number of hydrogen-bond donors (Lipinski definition) is 0. The molecule has 1 fully saturated rings. The summed E-state index contributed by atoms with van der Waals surface area (Å²) in [5.74, 6) is 0. The molecular formula is C11H18O3. The number of carbonyl (C=O) groups excluding carboxylic acids is 1. The van der Waals surface area contributed by atoms with E-state index in [4.69, 9.17) is 9.47 Å². The average molecular weight is 198 g/mol. The Hall–Kier alpha value is -0.670. The molecule has 0 aromatic rings. The van der Waals surface area contributed by atoms with Crippen LogP contribution in [0, 0.1) is 0 Å². The van der Waals surface area contributed by atoms with Crippen molar-refractivity contribution < 1.29 is 14.3 Å². The van der Waals surface area contributed by atoms with Crippen LogP contribution in [0.5, 0.6) is 0 Å². The van der Waals surface area contributed by atoms with Crippen LogP contribution in [0.4, 0.5) is 0 Å². The topological polar surface area (TPSA) is 35.5 Å². The lowest BCUT2D eigenvalue weighted by Gasteiger charge is -2.25. The molecular weight excluding hydrogens is 180 g/mol.